The number of methoxy groups -OCH3 is 3. The minimum Gasteiger partial charge on any atom is -0.493 e. The van der Waals surface area contributed by atoms with Crippen LogP contribution in [0.25, 0.3) is 22.6 Å². The van der Waals surface area contributed by atoms with Crippen LogP contribution in [0.1, 0.15) is 60.8 Å². The third-order valence-corrected chi connectivity index (χ3v) is 7.81. The Morgan fingerprint density at radius 1 is 1.02 bits per heavy atom. The van der Waals surface area contributed by atoms with Gasteiger partial charge in [-0.2, -0.15) is 0 Å². The first-order chi connectivity index (χ1) is 19.1. The second-order valence-corrected chi connectivity index (χ2v) is 11.3. The number of ether oxygens (including phenoxy) is 5. The van der Waals surface area contributed by atoms with Crippen molar-refractivity contribution in [2.75, 3.05) is 27.9 Å². The number of nitrogens with zero attached hydrogens (tertiary/aromatic N) is 1. The largest absolute Gasteiger partial charge is 0.493 e. The van der Waals surface area contributed by atoms with Gasteiger partial charge in [-0.3, -0.25) is 0 Å². The van der Waals surface area contributed by atoms with E-state index in [2.05, 4.69) is 26.8 Å². The van der Waals surface area contributed by atoms with Gasteiger partial charge in [-0.1, -0.05) is 39.0 Å². The smallest absolute Gasteiger partial charge is 0.347 e. The Balaban J connectivity index is 1.71. The molecule has 0 saturated carbocycles. The molecule has 210 valence electrons. The fraction of sp³-hybridized carbons (Fsp3) is 0.406. The highest BCUT2D eigenvalue weighted by atomic mass is 16.6. The molecule has 1 fully saturated rings. The molecule has 0 N–H and O–H groups in total. The van der Waals surface area contributed by atoms with Crippen LogP contribution in [0.15, 0.2) is 36.4 Å². The second-order valence-electron chi connectivity index (χ2n) is 11.3. The zero-order valence-corrected chi connectivity index (χ0v) is 23.8. The number of allylic oxidation sites excluding steroid dienone is 1. The van der Waals surface area contributed by atoms with Crippen LogP contribution in [0.5, 0.6) is 17.2 Å². The van der Waals surface area contributed by atoms with Crippen LogP contribution in [0.2, 0.25) is 0 Å². The van der Waals surface area contributed by atoms with Gasteiger partial charge in [0.25, 0.3) is 0 Å². The molecule has 0 amide bonds. The molecule has 1 aliphatic heterocycles. The summed E-state index contributed by atoms with van der Waals surface area (Å²) >= 11 is 0. The Labute approximate surface area is 234 Å². The first-order valence-electron chi connectivity index (χ1n) is 13.4. The number of pyridine rings is 1. The number of aromatic nitrogens is 1. The topological polar surface area (TPSA) is 93.2 Å². The normalized spacial score (nSPS) is 19.8. The minimum atomic E-state index is -0.897. The van der Waals surface area contributed by atoms with Crippen molar-refractivity contribution >= 4 is 34.5 Å². The Kier molecular flexibility index (Phi) is 7.45. The summed E-state index contributed by atoms with van der Waals surface area (Å²) in [7, 11) is 4.75. The summed E-state index contributed by atoms with van der Waals surface area (Å²) in [5.41, 5.74) is 4.55. The van der Waals surface area contributed by atoms with E-state index in [1.54, 1.807) is 21.3 Å². The molecule has 2 atom stereocenters. The highest BCUT2D eigenvalue weighted by molar-refractivity contribution is 6.07. The first kappa shape index (κ1) is 27.5. The molecule has 40 heavy (non-hydrogen) atoms. The molecular weight excluding hydrogens is 510 g/mol. The predicted octanol–water partition coefficient (Wildman–Crippen LogP) is 5.88. The number of hydrogen-bond donors (Lipinski definition) is 0. The Hall–Kier alpha value is -4.07. The van der Waals surface area contributed by atoms with E-state index in [1.807, 2.05) is 36.4 Å². The van der Waals surface area contributed by atoms with Gasteiger partial charge < -0.3 is 23.7 Å². The SMILES string of the molecule is COc1cc(/C=C2\CC(C(C)(C)C)Cc3c2nc2ccccc2c3C(=O)OC2CCOC2=O)cc(OC)c1OC. The fourth-order valence-electron chi connectivity index (χ4n) is 5.53. The lowest BCUT2D eigenvalue weighted by Gasteiger charge is -2.36. The van der Waals surface area contributed by atoms with Gasteiger partial charge in [0.2, 0.25) is 11.9 Å². The zero-order valence-electron chi connectivity index (χ0n) is 23.8. The van der Waals surface area contributed by atoms with Crippen molar-refractivity contribution in [2.45, 2.75) is 46.1 Å². The summed E-state index contributed by atoms with van der Waals surface area (Å²) in [4.78, 5) is 31.0. The van der Waals surface area contributed by atoms with Gasteiger partial charge in [0, 0.05) is 11.8 Å². The van der Waals surface area contributed by atoms with E-state index in [0.29, 0.717) is 46.6 Å². The lowest BCUT2D eigenvalue weighted by atomic mass is 9.69. The van der Waals surface area contributed by atoms with E-state index in [9.17, 15) is 9.59 Å². The molecule has 0 bridgehead atoms. The highest BCUT2D eigenvalue weighted by Crippen LogP contribution is 2.46. The van der Waals surface area contributed by atoms with Crippen molar-refractivity contribution in [1.29, 1.82) is 0 Å². The monoisotopic (exact) mass is 545 g/mol. The lowest BCUT2D eigenvalue weighted by Crippen LogP contribution is -2.30. The molecule has 1 aromatic heterocycles. The summed E-state index contributed by atoms with van der Waals surface area (Å²) in [6, 6.07) is 11.4. The van der Waals surface area contributed by atoms with Crippen LogP contribution in [-0.2, 0) is 20.7 Å². The van der Waals surface area contributed by atoms with E-state index in [1.165, 1.54) is 0 Å². The number of fused-ring (bicyclic) bond motifs is 2. The second kappa shape index (κ2) is 10.8. The van der Waals surface area contributed by atoms with Crippen molar-refractivity contribution in [3.63, 3.8) is 0 Å². The lowest BCUT2D eigenvalue weighted by molar-refractivity contribution is -0.145. The molecule has 2 unspecified atom stereocenters. The summed E-state index contributed by atoms with van der Waals surface area (Å²) in [6.45, 7) is 6.88. The number of cyclic esters (lactones) is 1. The average Bonchev–Trinajstić information content (AvgIpc) is 3.34. The maximum Gasteiger partial charge on any atom is 0.347 e. The van der Waals surface area contributed by atoms with Crippen LogP contribution in [0, 0.1) is 11.3 Å². The van der Waals surface area contributed by atoms with Gasteiger partial charge in [0.15, 0.2) is 11.5 Å². The van der Waals surface area contributed by atoms with Gasteiger partial charge in [-0.25, -0.2) is 14.6 Å². The van der Waals surface area contributed by atoms with E-state index >= 15 is 0 Å². The third-order valence-electron chi connectivity index (χ3n) is 7.81. The standard InChI is InChI=1S/C32H35NO7/c1-32(2,3)20-16-19(13-18-14-25(36-4)29(38-6)26(15-18)37-5)28-22(17-20)27(21-9-7-8-10-23(21)33-28)31(35)40-24-11-12-39-30(24)34/h7-10,13-15,20,24H,11-12,16-17H2,1-6H3/b19-13+. The number of rotatable bonds is 6. The van der Waals surface area contributed by atoms with Crippen LogP contribution in [-0.4, -0.2) is 51.0 Å². The van der Waals surface area contributed by atoms with Crippen LogP contribution in [0.3, 0.4) is 0 Å². The Bertz CT molecular complexity index is 1480. The summed E-state index contributed by atoms with van der Waals surface area (Å²) in [5.74, 6) is 0.812. The molecule has 0 spiro atoms. The maximum atomic E-state index is 13.8. The average molecular weight is 546 g/mol. The number of esters is 2. The van der Waals surface area contributed by atoms with Gasteiger partial charge in [0.05, 0.1) is 44.7 Å². The van der Waals surface area contributed by atoms with Crippen molar-refractivity contribution in [3.8, 4) is 17.2 Å². The molecule has 0 radical (unpaired) electrons. The van der Waals surface area contributed by atoms with Crippen molar-refractivity contribution in [3.05, 3.63) is 58.8 Å². The van der Waals surface area contributed by atoms with E-state index in [-0.39, 0.29) is 17.9 Å². The molecule has 2 aliphatic rings. The quantitative estimate of drug-likeness (QED) is 0.355. The zero-order chi connectivity index (χ0) is 28.6. The van der Waals surface area contributed by atoms with Crippen LogP contribution in [0.4, 0.5) is 0 Å². The number of hydrogen-bond acceptors (Lipinski definition) is 8. The molecule has 2 heterocycles. The van der Waals surface area contributed by atoms with Crippen molar-refractivity contribution < 1.29 is 33.3 Å². The van der Waals surface area contributed by atoms with Crippen LogP contribution >= 0.6 is 0 Å². The highest BCUT2D eigenvalue weighted by Gasteiger charge is 2.37. The van der Waals surface area contributed by atoms with Crippen molar-refractivity contribution in [2.24, 2.45) is 11.3 Å². The fourth-order valence-corrected chi connectivity index (χ4v) is 5.53. The summed E-state index contributed by atoms with van der Waals surface area (Å²) in [6.07, 6.45) is 2.95. The molecule has 3 aromatic rings. The van der Waals surface area contributed by atoms with Gasteiger partial charge >= 0.3 is 11.9 Å². The molecule has 1 saturated heterocycles. The molecule has 5 rings (SSSR count). The van der Waals surface area contributed by atoms with Gasteiger partial charge in [-0.05, 0) is 65.1 Å². The molecule has 8 nitrogen and oxygen atoms in total. The molecule has 8 heteroatoms. The number of carbonyl (C=O) groups is 2. The summed E-state index contributed by atoms with van der Waals surface area (Å²) in [5, 5.41) is 0.708. The Morgan fingerprint density at radius 3 is 2.33 bits per heavy atom. The van der Waals surface area contributed by atoms with E-state index in [4.69, 9.17) is 28.7 Å². The van der Waals surface area contributed by atoms with E-state index < -0.39 is 18.0 Å². The summed E-state index contributed by atoms with van der Waals surface area (Å²) < 4.78 is 27.4. The van der Waals surface area contributed by atoms with Crippen LogP contribution < -0.4 is 14.2 Å². The number of benzene rings is 2. The predicted molar refractivity (Wildman–Crippen MR) is 152 cm³/mol. The third kappa shape index (κ3) is 5.10. The van der Waals surface area contributed by atoms with Gasteiger partial charge in [0.1, 0.15) is 0 Å². The molecule has 2 aromatic carbocycles. The minimum absolute atomic E-state index is 0.0475. The Morgan fingerprint density at radius 2 is 1.73 bits per heavy atom. The van der Waals surface area contributed by atoms with Crippen molar-refractivity contribution in [1.82, 2.24) is 4.98 Å². The van der Waals surface area contributed by atoms with Gasteiger partial charge in [-0.15, -0.1) is 0 Å². The molecular formula is C32H35NO7. The number of para-hydroxylation sites is 1. The van der Waals surface area contributed by atoms with E-state index in [0.717, 1.165) is 28.8 Å². The molecule has 1 aliphatic carbocycles. The first-order valence-corrected chi connectivity index (χ1v) is 13.4. The number of carbonyl (C=O) groups excluding carboxylic acids is 2. The maximum absolute atomic E-state index is 13.8.